The number of benzene rings is 2. The summed E-state index contributed by atoms with van der Waals surface area (Å²) in [6.07, 6.45) is 0. The first kappa shape index (κ1) is 20.9. The van der Waals surface area contributed by atoms with E-state index in [1.807, 2.05) is 25.1 Å². The fourth-order valence-electron chi connectivity index (χ4n) is 3.91. The van der Waals surface area contributed by atoms with E-state index in [1.54, 1.807) is 28.8 Å². The molecule has 1 unspecified atom stereocenters. The summed E-state index contributed by atoms with van der Waals surface area (Å²) >= 11 is 2.11. The normalized spacial score (nSPS) is 15.3. The Morgan fingerprint density at radius 1 is 1.17 bits per heavy atom. The lowest BCUT2D eigenvalue weighted by atomic mass is 10.00. The maximum Gasteiger partial charge on any atom is 0.253 e. The number of para-hydroxylation sites is 1. The average Bonchev–Trinajstić information content (AvgIpc) is 2.78. The van der Waals surface area contributed by atoms with Crippen LogP contribution in [0.2, 0.25) is 0 Å². The molecule has 0 spiro atoms. The van der Waals surface area contributed by atoms with Gasteiger partial charge in [0.1, 0.15) is 5.75 Å². The van der Waals surface area contributed by atoms with Crippen LogP contribution in [0.1, 0.15) is 26.8 Å². The molecular formula is C23H23IN2O4. The molecule has 1 aliphatic rings. The Bertz CT molecular complexity index is 1150. The van der Waals surface area contributed by atoms with Crippen molar-refractivity contribution in [3.63, 3.8) is 0 Å². The molecule has 4 rings (SSSR count). The molecular weight excluding hydrogens is 495 g/mol. The van der Waals surface area contributed by atoms with Gasteiger partial charge in [-0.1, -0.05) is 40.8 Å². The van der Waals surface area contributed by atoms with Crippen LogP contribution in [-0.2, 0) is 11.3 Å². The van der Waals surface area contributed by atoms with E-state index in [2.05, 4.69) is 27.5 Å². The van der Waals surface area contributed by atoms with Crippen LogP contribution in [-0.4, -0.2) is 41.8 Å². The molecule has 1 aromatic heterocycles. The van der Waals surface area contributed by atoms with Crippen molar-refractivity contribution in [2.45, 2.75) is 17.4 Å². The smallest absolute Gasteiger partial charge is 0.253 e. The number of aromatic nitrogens is 1. The van der Waals surface area contributed by atoms with Crippen molar-refractivity contribution in [1.29, 1.82) is 0 Å². The van der Waals surface area contributed by atoms with E-state index in [1.165, 1.54) is 6.07 Å². The van der Waals surface area contributed by atoms with Crippen LogP contribution in [0, 0.1) is 0 Å². The van der Waals surface area contributed by atoms with Crippen LogP contribution >= 0.6 is 22.6 Å². The minimum absolute atomic E-state index is 0.0150. The van der Waals surface area contributed by atoms with Crippen molar-refractivity contribution < 1.29 is 14.6 Å². The number of rotatable bonds is 5. The van der Waals surface area contributed by atoms with Gasteiger partial charge in [-0.3, -0.25) is 9.59 Å². The number of phenolic OH excluding ortho intramolecular Hbond substituents is 1. The third kappa shape index (κ3) is 3.83. The molecule has 2 aromatic carbocycles. The Morgan fingerprint density at radius 2 is 1.90 bits per heavy atom. The number of halogens is 1. The predicted octanol–water partition coefficient (Wildman–Crippen LogP) is 3.92. The van der Waals surface area contributed by atoms with Gasteiger partial charge in [0.25, 0.3) is 5.56 Å². The lowest BCUT2D eigenvalue weighted by Crippen LogP contribution is -2.37. The van der Waals surface area contributed by atoms with Crippen LogP contribution in [0.4, 0.5) is 5.69 Å². The van der Waals surface area contributed by atoms with Crippen molar-refractivity contribution in [2.75, 3.05) is 31.2 Å². The Kier molecular flexibility index (Phi) is 6.10. The van der Waals surface area contributed by atoms with Crippen molar-refractivity contribution in [1.82, 2.24) is 4.57 Å². The Hall–Kier alpha value is -2.39. The molecule has 1 aliphatic heterocycles. The summed E-state index contributed by atoms with van der Waals surface area (Å²) < 4.78 is 6.76. The molecule has 0 aliphatic carbocycles. The van der Waals surface area contributed by atoms with Gasteiger partial charge in [0, 0.05) is 31.1 Å². The summed E-state index contributed by atoms with van der Waals surface area (Å²) in [4.78, 5) is 27.9. The minimum atomic E-state index is -0.458. The first-order chi connectivity index (χ1) is 14.5. The highest BCUT2D eigenvalue weighted by Gasteiger charge is 2.23. The van der Waals surface area contributed by atoms with Crippen LogP contribution in [0.5, 0.6) is 5.75 Å². The van der Waals surface area contributed by atoms with Gasteiger partial charge < -0.3 is 19.3 Å². The van der Waals surface area contributed by atoms with E-state index >= 15 is 0 Å². The summed E-state index contributed by atoms with van der Waals surface area (Å²) in [5.41, 5.74) is 2.85. The zero-order valence-electron chi connectivity index (χ0n) is 16.7. The Labute approximate surface area is 188 Å². The lowest BCUT2D eigenvalue weighted by molar-refractivity contribution is 0.0992. The first-order valence-electron chi connectivity index (χ1n) is 9.97. The minimum Gasteiger partial charge on any atom is -0.507 e. The number of nitrogens with zero attached hydrogens (tertiary/aromatic N) is 2. The molecule has 1 atom stereocenters. The number of aryl methyl sites for hydroxylation is 1. The molecule has 6 nitrogen and oxygen atoms in total. The number of carbonyl (C=O) groups is 1. The average molecular weight is 518 g/mol. The number of ether oxygens (including phenoxy) is 1. The second-order valence-electron chi connectivity index (χ2n) is 7.23. The predicted molar refractivity (Wildman–Crippen MR) is 126 cm³/mol. The highest BCUT2D eigenvalue weighted by molar-refractivity contribution is 14.1. The van der Waals surface area contributed by atoms with Gasteiger partial charge in [0.15, 0.2) is 5.78 Å². The SMILES string of the molecule is CCn1c(=O)cc(N2CCOCC2)c2cc(C(I)C(=O)c3ccccc3O)ccc21. The van der Waals surface area contributed by atoms with Crippen molar-refractivity contribution >= 4 is 45.0 Å². The van der Waals surface area contributed by atoms with Gasteiger partial charge in [-0.05, 0) is 36.8 Å². The van der Waals surface area contributed by atoms with Crippen molar-refractivity contribution in [3.8, 4) is 5.75 Å². The van der Waals surface area contributed by atoms with Crippen LogP contribution in [0.15, 0.2) is 53.3 Å². The fourth-order valence-corrected chi connectivity index (χ4v) is 4.63. The fraction of sp³-hybridized carbons (Fsp3) is 0.304. The number of phenols is 1. The second kappa shape index (κ2) is 8.77. The molecule has 0 amide bonds. The van der Waals surface area contributed by atoms with Crippen molar-refractivity contribution in [3.05, 3.63) is 70.0 Å². The largest absolute Gasteiger partial charge is 0.507 e. The topological polar surface area (TPSA) is 71.8 Å². The number of fused-ring (bicyclic) bond motifs is 1. The van der Waals surface area contributed by atoms with Gasteiger partial charge in [-0.15, -0.1) is 0 Å². The number of Topliss-reactive ketones (excluding diaryl/α,β-unsaturated/α-hetero) is 1. The van der Waals surface area contributed by atoms with E-state index < -0.39 is 3.92 Å². The number of hydrogen-bond donors (Lipinski definition) is 1. The van der Waals surface area contributed by atoms with E-state index in [0.29, 0.717) is 25.3 Å². The van der Waals surface area contributed by atoms with Gasteiger partial charge in [-0.25, -0.2) is 0 Å². The van der Waals surface area contributed by atoms with Crippen LogP contribution < -0.4 is 10.5 Å². The highest BCUT2D eigenvalue weighted by atomic mass is 127. The number of carbonyl (C=O) groups excluding carboxylic acids is 1. The first-order valence-corrected chi connectivity index (χ1v) is 11.2. The van der Waals surface area contributed by atoms with E-state index in [-0.39, 0.29) is 17.1 Å². The maximum absolute atomic E-state index is 13.0. The summed E-state index contributed by atoms with van der Waals surface area (Å²) in [6, 6.07) is 14.1. The molecule has 0 saturated carbocycles. The molecule has 1 saturated heterocycles. The number of anilines is 1. The monoisotopic (exact) mass is 518 g/mol. The summed E-state index contributed by atoms with van der Waals surface area (Å²) in [5, 5.41) is 11.0. The molecule has 0 bridgehead atoms. The number of pyridine rings is 1. The number of morpholine rings is 1. The number of alkyl halides is 1. The van der Waals surface area contributed by atoms with Crippen LogP contribution in [0.3, 0.4) is 0 Å². The molecule has 3 aromatic rings. The number of hydrogen-bond acceptors (Lipinski definition) is 5. The molecule has 0 radical (unpaired) electrons. The van der Waals surface area contributed by atoms with E-state index in [4.69, 9.17) is 4.74 Å². The van der Waals surface area contributed by atoms with Gasteiger partial charge in [0.05, 0.1) is 33.9 Å². The summed E-state index contributed by atoms with van der Waals surface area (Å²) in [5.74, 6) is -0.163. The zero-order valence-corrected chi connectivity index (χ0v) is 18.8. The second-order valence-corrected chi connectivity index (χ2v) is 8.48. The van der Waals surface area contributed by atoms with Gasteiger partial charge in [-0.2, -0.15) is 0 Å². The molecule has 2 heterocycles. The standard InChI is InChI=1S/C23H23IN2O4/c1-2-26-18-8-7-15(22(24)23(29)16-5-3-4-6-20(16)27)13-17(18)19(14-21(26)28)25-9-11-30-12-10-25/h3-8,13-14,22,27H,2,9-12H2,1H3. The highest BCUT2D eigenvalue weighted by Crippen LogP contribution is 2.35. The zero-order chi connectivity index (χ0) is 21.3. The van der Waals surface area contributed by atoms with Crippen LogP contribution in [0.25, 0.3) is 10.9 Å². The molecule has 7 heteroatoms. The summed E-state index contributed by atoms with van der Waals surface area (Å²) in [6.45, 7) is 5.21. The van der Waals surface area contributed by atoms with E-state index in [0.717, 1.165) is 35.2 Å². The maximum atomic E-state index is 13.0. The van der Waals surface area contributed by atoms with Gasteiger partial charge in [0.2, 0.25) is 0 Å². The summed E-state index contributed by atoms with van der Waals surface area (Å²) in [7, 11) is 0. The molecule has 30 heavy (non-hydrogen) atoms. The lowest BCUT2D eigenvalue weighted by Gasteiger charge is -2.30. The third-order valence-corrected chi connectivity index (χ3v) is 6.76. The Balaban J connectivity index is 1.82. The third-order valence-electron chi connectivity index (χ3n) is 5.47. The molecule has 156 valence electrons. The number of ketones is 1. The number of aromatic hydroxyl groups is 1. The van der Waals surface area contributed by atoms with Crippen molar-refractivity contribution in [2.24, 2.45) is 0 Å². The van der Waals surface area contributed by atoms with E-state index in [9.17, 15) is 14.7 Å². The Morgan fingerprint density at radius 3 is 2.60 bits per heavy atom. The molecule has 1 N–H and O–H groups in total. The molecule has 1 fully saturated rings. The quantitative estimate of drug-likeness (QED) is 0.315. The van der Waals surface area contributed by atoms with Gasteiger partial charge >= 0.3 is 0 Å².